The smallest absolute Gasteiger partial charge is 0.342 e. The summed E-state index contributed by atoms with van der Waals surface area (Å²) in [5.41, 5.74) is 3.46. The van der Waals surface area contributed by atoms with Crippen molar-refractivity contribution in [2.45, 2.75) is 33.6 Å². The molecule has 0 saturated carbocycles. The van der Waals surface area contributed by atoms with Gasteiger partial charge in [-0.2, -0.15) is 0 Å². The predicted octanol–water partition coefficient (Wildman–Crippen LogP) is 4.04. The molecule has 0 aliphatic carbocycles. The Morgan fingerprint density at radius 1 is 1.39 bits per heavy atom. The molecule has 0 N–H and O–H groups in total. The monoisotopic (exact) mass is 246 g/mol. The minimum atomic E-state index is -0.316. The number of fused-ring (bicyclic) bond motifs is 1. The number of aryl methyl sites for hydroxylation is 1. The Morgan fingerprint density at radius 3 is 2.72 bits per heavy atom. The average molecular weight is 246 g/mol. The molecule has 1 aromatic heterocycles. The SMILES string of the molecule is CCOC(=O)c1coc2c(C)ccc(C(C)C)c12. The third-order valence-electron chi connectivity index (χ3n) is 3.07. The Labute approximate surface area is 107 Å². The summed E-state index contributed by atoms with van der Waals surface area (Å²) in [7, 11) is 0. The topological polar surface area (TPSA) is 39.4 Å². The first kappa shape index (κ1) is 12.7. The zero-order chi connectivity index (χ0) is 13.3. The molecule has 0 unspecified atom stereocenters. The Balaban J connectivity index is 2.69. The zero-order valence-electron chi connectivity index (χ0n) is 11.2. The summed E-state index contributed by atoms with van der Waals surface area (Å²) in [5.74, 6) is 0.0163. The summed E-state index contributed by atoms with van der Waals surface area (Å²) < 4.78 is 10.6. The molecule has 1 heterocycles. The molecule has 0 atom stereocenters. The maximum Gasteiger partial charge on any atom is 0.342 e. The Bertz CT molecular complexity index is 579. The van der Waals surface area contributed by atoms with Crippen molar-refractivity contribution < 1.29 is 13.9 Å². The van der Waals surface area contributed by atoms with E-state index in [0.29, 0.717) is 18.1 Å². The van der Waals surface area contributed by atoms with Crippen molar-refractivity contribution in [1.29, 1.82) is 0 Å². The molecule has 3 heteroatoms. The Kier molecular flexibility index (Phi) is 3.41. The number of esters is 1. The van der Waals surface area contributed by atoms with Crippen LogP contribution in [0.4, 0.5) is 0 Å². The van der Waals surface area contributed by atoms with Crippen LogP contribution in [0.25, 0.3) is 11.0 Å². The van der Waals surface area contributed by atoms with Crippen LogP contribution in [0.5, 0.6) is 0 Å². The normalized spacial score (nSPS) is 11.2. The van der Waals surface area contributed by atoms with E-state index in [0.717, 1.165) is 22.1 Å². The molecule has 96 valence electrons. The lowest BCUT2D eigenvalue weighted by molar-refractivity contribution is 0.0527. The van der Waals surface area contributed by atoms with Gasteiger partial charge in [0.1, 0.15) is 17.4 Å². The van der Waals surface area contributed by atoms with Crippen LogP contribution in [0.3, 0.4) is 0 Å². The highest BCUT2D eigenvalue weighted by atomic mass is 16.5. The third kappa shape index (κ3) is 2.01. The number of carbonyl (C=O) groups excluding carboxylic acids is 1. The van der Waals surface area contributed by atoms with E-state index < -0.39 is 0 Å². The summed E-state index contributed by atoms with van der Waals surface area (Å²) in [4.78, 5) is 11.9. The summed E-state index contributed by atoms with van der Waals surface area (Å²) in [6, 6.07) is 4.08. The fourth-order valence-corrected chi connectivity index (χ4v) is 2.15. The first-order valence-corrected chi connectivity index (χ1v) is 6.24. The van der Waals surface area contributed by atoms with E-state index in [-0.39, 0.29) is 5.97 Å². The van der Waals surface area contributed by atoms with Crippen LogP contribution in [-0.4, -0.2) is 12.6 Å². The fraction of sp³-hybridized carbons (Fsp3) is 0.400. The van der Waals surface area contributed by atoms with Crippen LogP contribution in [0.15, 0.2) is 22.8 Å². The minimum Gasteiger partial charge on any atom is -0.463 e. The van der Waals surface area contributed by atoms with Crippen LogP contribution in [0, 0.1) is 6.92 Å². The standard InChI is InChI=1S/C15H18O3/c1-5-17-15(16)12-8-18-14-10(4)6-7-11(9(2)3)13(12)14/h6-9H,5H2,1-4H3. The molecule has 0 aliphatic heterocycles. The van der Waals surface area contributed by atoms with Gasteiger partial charge in [-0.1, -0.05) is 26.0 Å². The van der Waals surface area contributed by atoms with E-state index in [9.17, 15) is 4.79 Å². The van der Waals surface area contributed by atoms with Gasteiger partial charge in [0.05, 0.1) is 6.61 Å². The molecule has 3 nitrogen and oxygen atoms in total. The molecule has 0 spiro atoms. The largest absolute Gasteiger partial charge is 0.463 e. The maximum atomic E-state index is 11.9. The summed E-state index contributed by atoms with van der Waals surface area (Å²) in [6.45, 7) is 8.35. The molecule has 0 saturated heterocycles. The first-order valence-electron chi connectivity index (χ1n) is 6.24. The van der Waals surface area contributed by atoms with E-state index in [1.807, 2.05) is 13.0 Å². The van der Waals surface area contributed by atoms with Crippen LogP contribution in [0.1, 0.15) is 48.2 Å². The van der Waals surface area contributed by atoms with Gasteiger partial charge in [0.2, 0.25) is 0 Å². The van der Waals surface area contributed by atoms with Gasteiger partial charge in [0.15, 0.2) is 0 Å². The fourth-order valence-electron chi connectivity index (χ4n) is 2.15. The van der Waals surface area contributed by atoms with E-state index in [1.54, 1.807) is 6.92 Å². The second-order valence-electron chi connectivity index (χ2n) is 4.70. The lowest BCUT2D eigenvalue weighted by atomic mass is 9.95. The van der Waals surface area contributed by atoms with E-state index in [2.05, 4.69) is 19.9 Å². The molecule has 18 heavy (non-hydrogen) atoms. The average Bonchev–Trinajstić information content (AvgIpc) is 2.74. The van der Waals surface area contributed by atoms with Gasteiger partial charge < -0.3 is 9.15 Å². The highest BCUT2D eigenvalue weighted by Gasteiger charge is 2.20. The number of rotatable bonds is 3. The lowest BCUT2D eigenvalue weighted by Crippen LogP contribution is -2.04. The predicted molar refractivity (Wildman–Crippen MR) is 71.0 cm³/mol. The quantitative estimate of drug-likeness (QED) is 0.767. The first-order chi connectivity index (χ1) is 8.56. The van der Waals surface area contributed by atoms with Gasteiger partial charge in [-0.25, -0.2) is 4.79 Å². The molecular formula is C15H18O3. The second-order valence-corrected chi connectivity index (χ2v) is 4.70. The Morgan fingerprint density at radius 2 is 2.11 bits per heavy atom. The van der Waals surface area contributed by atoms with Crippen molar-refractivity contribution in [2.75, 3.05) is 6.61 Å². The molecule has 2 aromatic rings. The number of hydrogen-bond donors (Lipinski definition) is 0. The van der Waals surface area contributed by atoms with Gasteiger partial charge in [-0.3, -0.25) is 0 Å². The molecule has 0 bridgehead atoms. The molecule has 1 aromatic carbocycles. The summed E-state index contributed by atoms with van der Waals surface area (Å²) in [5, 5.41) is 0.892. The highest BCUT2D eigenvalue weighted by Crippen LogP contribution is 2.32. The number of hydrogen-bond acceptors (Lipinski definition) is 3. The molecule has 0 radical (unpaired) electrons. The summed E-state index contributed by atoms with van der Waals surface area (Å²) in [6.07, 6.45) is 1.50. The van der Waals surface area contributed by atoms with Crippen molar-refractivity contribution in [3.05, 3.63) is 35.1 Å². The molecule has 0 amide bonds. The molecule has 0 fully saturated rings. The van der Waals surface area contributed by atoms with Crippen molar-refractivity contribution >= 4 is 16.9 Å². The van der Waals surface area contributed by atoms with Crippen molar-refractivity contribution in [2.24, 2.45) is 0 Å². The Hall–Kier alpha value is -1.77. The van der Waals surface area contributed by atoms with E-state index >= 15 is 0 Å². The number of ether oxygens (including phenoxy) is 1. The number of furan rings is 1. The van der Waals surface area contributed by atoms with E-state index in [4.69, 9.17) is 9.15 Å². The van der Waals surface area contributed by atoms with Crippen LogP contribution in [-0.2, 0) is 4.74 Å². The van der Waals surface area contributed by atoms with Crippen molar-refractivity contribution in [3.63, 3.8) is 0 Å². The molecule has 2 rings (SSSR count). The molecule has 0 aliphatic rings. The van der Waals surface area contributed by atoms with Crippen LogP contribution in [0.2, 0.25) is 0 Å². The van der Waals surface area contributed by atoms with Gasteiger partial charge in [0, 0.05) is 5.39 Å². The van der Waals surface area contributed by atoms with Gasteiger partial charge in [0.25, 0.3) is 0 Å². The van der Waals surface area contributed by atoms with E-state index in [1.165, 1.54) is 6.26 Å². The van der Waals surface area contributed by atoms with Crippen LogP contribution >= 0.6 is 0 Å². The van der Waals surface area contributed by atoms with Gasteiger partial charge in [-0.15, -0.1) is 0 Å². The summed E-state index contributed by atoms with van der Waals surface area (Å²) >= 11 is 0. The number of benzene rings is 1. The van der Waals surface area contributed by atoms with Crippen molar-refractivity contribution in [1.82, 2.24) is 0 Å². The number of carbonyl (C=O) groups is 1. The molecular weight excluding hydrogens is 228 g/mol. The van der Waals surface area contributed by atoms with Gasteiger partial charge in [-0.05, 0) is 30.9 Å². The minimum absolute atomic E-state index is 0.316. The zero-order valence-corrected chi connectivity index (χ0v) is 11.2. The van der Waals surface area contributed by atoms with Crippen molar-refractivity contribution in [3.8, 4) is 0 Å². The lowest BCUT2D eigenvalue weighted by Gasteiger charge is -2.09. The maximum absolute atomic E-state index is 11.9. The van der Waals surface area contributed by atoms with Gasteiger partial charge >= 0.3 is 5.97 Å². The third-order valence-corrected chi connectivity index (χ3v) is 3.07. The highest BCUT2D eigenvalue weighted by molar-refractivity contribution is 6.05. The van der Waals surface area contributed by atoms with Crippen LogP contribution < -0.4 is 0 Å². The second kappa shape index (κ2) is 4.84.